The predicted octanol–water partition coefficient (Wildman–Crippen LogP) is 0.455. The largest absolute Gasteiger partial charge is 0.305 e. The lowest BCUT2D eigenvalue weighted by molar-refractivity contribution is -0.671. The van der Waals surface area contributed by atoms with Gasteiger partial charge in [-0.3, -0.25) is 0 Å². The van der Waals surface area contributed by atoms with E-state index >= 15 is 0 Å². The quantitative estimate of drug-likeness (QED) is 0.368. The van der Waals surface area contributed by atoms with Gasteiger partial charge in [-0.15, -0.1) is 12.6 Å². The number of hydrogen-bond acceptors (Lipinski definition) is 1. The molecule has 0 unspecified atom stereocenters. The minimum atomic E-state index is 0.620. The van der Waals surface area contributed by atoms with Crippen molar-refractivity contribution in [1.82, 2.24) is 4.57 Å². The van der Waals surface area contributed by atoms with Crippen LogP contribution in [0.2, 0.25) is 0 Å². The van der Waals surface area contributed by atoms with E-state index in [1.807, 2.05) is 35.6 Å². The fourth-order valence-corrected chi connectivity index (χ4v) is 1.50. The zero-order valence-corrected chi connectivity index (χ0v) is 7.62. The summed E-state index contributed by atoms with van der Waals surface area (Å²) in [7, 11) is 3.88. The molecule has 2 nitrogen and oxygen atoms in total. The molecule has 0 saturated heterocycles. The fraction of sp³-hybridized carbons (Fsp3) is 0.333. The molecular formula is C6H9N2S2+. The summed E-state index contributed by atoms with van der Waals surface area (Å²) in [6.45, 7) is 0. The molecule has 0 spiro atoms. The van der Waals surface area contributed by atoms with Gasteiger partial charge in [0.25, 0.3) is 0 Å². The molecule has 0 fully saturated rings. The number of aryl methyl sites for hydroxylation is 2. The third-order valence-corrected chi connectivity index (χ3v) is 1.76. The number of thiol groups is 1. The third-order valence-electron chi connectivity index (χ3n) is 1.37. The Kier molecular flexibility index (Phi) is 2.11. The van der Waals surface area contributed by atoms with Gasteiger partial charge in [-0.25, -0.2) is 9.13 Å². The molecule has 54 valence electrons. The molecule has 0 atom stereocenters. The topological polar surface area (TPSA) is 8.81 Å². The van der Waals surface area contributed by atoms with E-state index in [4.69, 9.17) is 12.2 Å². The molecule has 0 aliphatic rings. The minimum Gasteiger partial charge on any atom is -0.231 e. The van der Waals surface area contributed by atoms with Gasteiger partial charge in [0.15, 0.2) is 4.20 Å². The van der Waals surface area contributed by atoms with Crippen LogP contribution in [-0.2, 0) is 14.1 Å². The second kappa shape index (κ2) is 2.72. The van der Waals surface area contributed by atoms with Gasteiger partial charge in [-0.05, 0) is 0 Å². The summed E-state index contributed by atoms with van der Waals surface area (Å²) in [5.74, 6) is 0.957. The Morgan fingerprint density at radius 2 is 2.40 bits per heavy atom. The van der Waals surface area contributed by atoms with E-state index in [0.29, 0.717) is 4.20 Å². The van der Waals surface area contributed by atoms with Gasteiger partial charge in [0.2, 0.25) is 0 Å². The van der Waals surface area contributed by atoms with Gasteiger partial charge >= 0.3 is 5.82 Å². The van der Waals surface area contributed by atoms with Gasteiger partial charge in [0.05, 0.1) is 14.1 Å². The summed E-state index contributed by atoms with van der Waals surface area (Å²) in [5.41, 5.74) is 0. The summed E-state index contributed by atoms with van der Waals surface area (Å²) in [4.78, 5) is 0. The zero-order chi connectivity index (χ0) is 7.72. The van der Waals surface area contributed by atoms with Crippen LogP contribution < -0.4 is 4.57 Å². The van der Waals surface area contributed by atoms with E-state index < -0.39 is 0 Å². The third kappa shape index (κ3) is 1.22. The molecule has 0 N–H and O–H groups in total. The second-order valence-corrected chi connectivity index (χ2v) is 3.31. The summed E-state index contributed by atoms with van der Waals surface area (Å²) in [6, 6.07) is 0. The van der Waals surface area contributed by atoms with Crippen LogP contribution in [0.15, 0.2) is 12.4 Å². The maximum Gasteiger partial charge on any atom is 0.305 e. The highest BCUT2D eigenvalue weighted by molar-refractivity contribution is 8.11. The highest BCUT2D eigenvalue weighted by Gasteiger charge is 2.12. The van der Waals surface area contributed by atoms with Crippen LogP contribution in [0.25, 0.3) is 0 Å². The van der Waals surface area contributed by atoms with E-state index in [2.05, 4.69) is 12.6 Å². The predicted molar refractivity (Wildman–Crippen MR) is 47.3 cm³/mol. The number of imidazole rings is 1. The molecule has 1 aromatic rings. The molecule has 0 aliphatic carbocycles. The van der Waals surface area contributed by atoms with Gasteiger partial charge in [-0.2, -0.15) is 0 Å². The van der Waals surface area contributed by atoms with Crippen molar-refractivity contribution >= 4 is 29.0 Å². The van der Waals surface area contributed by atoms with Crippen molar-refractivity contribution in [2.24, 2.45) is 14.1 Å². The molecule has 0 saturated carbocycles. The Hall–Kier alpha value is -0.350. The van der Waals surface area contributed by atoms with Crippen molar-refractivity contribution < 1.29 is 4.57 Å². The molecule has 0 bridgehead atoms. The summed E-state index contributed by atoms with van der Waals surface area (Å²) in [5, 5.41) is 0. The number of hydrogen-bond donors (Lipinski definition) is 1. The van der Waals surface area contributed by atoms with Crippen molar-refractivity contribution in [2.75, 3.05) is 0 Å². The fourth-order valence-electron chi connectivity index (χ4n) is 0.892. The highest BCUT2D eigenvalue weighted by Crippen LogP contribution is 1.97. The van der Waals surface area contributed by atoms with Crippen LogP contribution in [0.1, 0.15) is 5.82 Å². The normalized spacial score (nSPS) is 9.90. The van der Waals surface area contributed by atoms with E-state index in [1.165, 1.54) is 0 Å². The average Bonchev–Trinajstić information content (AvgIpc) is 2.11. The molecule has 1 heterocycles. The first-order valence-corrected chi connectivity index (χ1v) is 3.72. The summed E-state index contributed by atoms with van der Waals surface area (Å²) < 4.78 is 4.50. The average molecular weight is 173 g/mol. The summed E-state index contributed by atoms with van der Waals surface area (Å²) >= 11 is 9.00. The molecule has 0 aliphatic heterocycles. The Morgan fingerprint density at radius 1 is 1.80 bits per heavy atom. The van der Waals surface area contributed by atoms with Gasteiger partial charge in [0.1, 0.15) is 12.4 Å². The van der Waals surface area contributed by atoms with Crippen molar-refractivity contribution in [1.29, 1.82) is 0 Å². The molecule has 1 rings (SSSR count). The second-order valence-electron chi connectivity index (χ2n) is 2.15. The number of aromatic nitrogens is 2. The maximum atomic E-state index is 4.91. The lowest BCUT2D eigenvalue weighted by Gasteiger charge is -1.91. The Labute approximate surface area is 70.9 Å². The van der Waals surface area contributed by atoms with Crippen molar-refractivity contribution in [3.63, 3.8) is 0 Å². The van der Waals surface area contributed by atoms with E-state index in [-0.39, 0.29) is 0 Å². The molecule has 0 aromatic carbocycles. The molecular weight excluding hydrogens is 164 g/mol. The first kappa shape index (κ1) is 7.75. The molecule has 10 heavy (non-hydrogen) atoms. The molecule has 4 heteroatoms. The minimum absolute atomic E-state index is 0.620. The van der Waals surface area contributed by atoms with Crippen LogP contribution in [0.5, 0.6) is 0 Å². The van der Waals surface area contributed by atoms with Crippen LogP contribution in [0.3, 0.4) is 0 Å². The van der Waals surface area contributed by atoms with Crippen LogP contribution in [0.4, 0.5) is 0 Å². The monoisotopic (exact) mass is 173 g/mol. The summed E-state index contributed by atoms with van der Waals surface area (Å²) in [6.07, 6.45) is 3.88. The van der Waals surface area contributed by atoms with Crippen LogP contribution >= 0.6 is 24.8 Å². The first-order valence-electron chi connectivity index (χ1n) is 2.87. The van der Waals surface area contributed by atoms with Crippen molar-refractivity contribution in [3.05, 3.63) is 18.2 Å². The Balaban J connectivity index is 3.23. The van der Waals surface area contributed by atoms with Crippen molar-refractivity contribution in [3.8, 4) is 0 Å². The van der Waals surface area contributed by atoms with Crippen LogP contribution in [0, 0.1) is 0 Å². The van der Waals surface area contributed by atoms with Crippen molar-refractivity contribution in [2.45, 2.75) is 0 Å². The molecule has 1 aromatic heterocycles. The lowest BCUT2D eigenvalue weighted by Crippen LogP contribution is -2.33. The van der Waals surface area contributed by atoms with Gasteiger partial charge in [0, 0.05) is 0 Å². The van der Waals surface area contributed by atoms with E-state index in [9.17, 15) is 0 Å². The molecule has 0 radical (unpaired) electrons. The smallest absolute Gasteiger partial charge is 0.231 e. The standard InChI is InChI=1S/C6H8N2S2/c1-7-3-4-8(2)5(7)6(9)10/h3-4H,1-2H3/p+1. The number of rotatable bonds is 1. The van der Waals surface area contributed by atoms with E-state index in [1.54, 1.807) is 0 Å². The van der Waals surface area contributed by atoms with E-state index in [0.717, 1.165) is 5.82 Å². The van der Waals surface area contributed by atoms with Gasteiger partial charge < -0.3 is 0 Å². The zero-order valence-electron chi connectivity index (χ0n) is 5.90. The maximum absolute atomic E-state index is 4.91. The van der Waals surface area contributed by atoms with Crippen LogP contribution in [-0.4, -0.2) is 8.76 Å². The lowest BCUT2D eigenvalue weighted by atomic mass is 10.7. The number of nitrogens with zero attached hydrogens (tertiary/aromatic N) is 2. The number of thiocarbonyl (C=S) groups is 1. The first-order chi connectivity index (χ1) is 4.63. The highest BCUT2D eigenvalue weighted by atomic mass is 32.1. The van der Waals surface area contributed by atoms with Gasteiger partial charge in [-0.1, -0.05) is 12.2 Å². The SMILES string of the molecule is Cn1cc[n+](C)c1C(=S)S. The molecule has 0 amide bonds. The Bertz CT molecular complexity index is 245. The Morgan fingerprint density at radius 3 is 2.60 bits per heavy atom.